The number of hydrogen-bond acceptors (Lipinski definition) is 7. The third-order valence-electron chi connectivity index (χ3n) is 3.90. The Labute approximate surface area is 170 Å². The van der Waals surface area contributed by atoms with E-state index in [2.05, 4.69) is 56.7 Å². The SMILES string of the molecule is Cc1cc(Nc2nc(NCc3cc(-c4ccccn4)ccn3)ncc2Br)n[nH]1. The molecule has 0 aliphatic carbocycles. The fraction of sp³-hybridized carbons (Fsp3) is 0.105. The van der Waals surface area contributed by atoms with Crippen molar-refractivity contribution in [2.24, 2.45) is 0 Å². The van der Waals surface area contributed by atoms with Gasteiger partial charge in [-0.2, -0.15) is 10.1 Å². The van der Waals surface area contributed by atoms with E-state index in [1.54, 1.807) is 18.6 Å². The van der Waals surface area contributed by atoms with E-state index in [-0.39, 0.29) is 0 Å². The Kier molecular flexibility index (Phi) is 5.24. The molecule has 0 aliphatic heterocycles. The zero-order valence-electron chi connectivity index (χ0n) is 15.0. The number of nitrogens with zero attached hydrogens (tertiary/aromatic N) is 5. The quantitative estimate of drug-likeness (QED) is 0.418. The monoisotopic (exact) mass is 436 g/mol. The maximum Gasteiger partial charge on any atom is 0.225 e. The number of aromatic amines is 1. The molecule has 9 heteroatoms. The van der Waals surface area contributed by atoms with Gasteiger partial charge in [0, 0.05) is 35.9 Å². The van der Waals surface area contributed by atoms with Gasteiger partial charge in [-0.1, -0.05) is 6.07 Å². The van der Waals surface area contributed by atoms with E-state index in [0.29, 0.717) is 24.1 Å². The molecule has 0 aromatic carbocycles. The number of aryl methyl sites for hydroxylation is 1. The van der Waals surface area contributed by atoms with Gasteiger partial charge in [0.2, 0.25) is 5.95 Å². The number of aromatic nitrogens is 6. The summed E-state index contributed by atoms with van der Waals surface area (Å²) in [6.07, 6.45) is 5.24. The first-order valence-corrected chi connectivity index (χ1v) is 9.38. The predicted octanol–water partition coefficient (Wildman–Crippen LogP) is 4.08. The lowest BCUT2D eigenvalue weighted by Gasteiger charge is -2.09. The molecular weight excluding hydrogens is 420 g/mol. The highest BCUT2D eigenvalue weighted by Crippen LogP contribution is 2.24. The van der Waals surface area contributed by atoms with Crippen LogP contribution in [0.2, 0.25) is 0 Å². The highest BCUT2D eigenvalue weighted by molar-refractivity contribution is 9.10. The van der Waals surface area contributed by atoms with Crippen LogP contribution in [0.4, 0.5) is 17.6 Å². The Morgan fingerprint density at radius 3 is 2.79 bits per heavy atom. The van der Waals surface area contributed by atoms with Gasteiger partial charge in [0.25, 0.3) is 0 Å². The van der Waals surface area contributed by atoms with E-state index >= 15 is 0 Å². The minimum absolute atomic E-state index is 0.489. The van der Waals surface area contributed by atoms with Crippen LogP contribution >= 0.6 is 15.9 Å². The van der Waals surface area contributed by atoms with Crippen LogP contribution in [-0.4, -0.2) is 30.1 Å². The van der Waals surface area contributed by atoms with E-state index < -0.39 is 0 Å². The second-order valence-corrected chi connectivity index (χ2v) is 6.91. The number of H-pyrrole nitrogens is 1. The summed E-state index contributed by atoms with van der Waals surface area (Å²) in [5.74, 6) is 1.80. The highest BCUT2D eigenvalue weighted by atomic mass is 79.9. The molecule has 4 rings (SSSR count). The van der Waals surface area contributed by atoms with Crippen LogP contribution in [0.3, 0.4) is 0 Å². The van der Waals surface area contributed by atoms with E-state index in [4.69, 9.17) is 0 Å². The van der Waals surface area contributed by atoms with Gasteiger partial charge in [-0.25, -0.2) is 4.98 Å². The summed E-state index contributed by atoms with van der Waals surface area (Å²) in [5.41, 5.74) is 3.75. The third kappa shape index (κ3) is 4.32. The molecule has 0 atom stereocenters. The summed E-state index contributed by atoms with van der Waals surface area (Å²) >= 11 is 3.45. The van der Waals surface area contributed by atoms with Gasteiger partial charge in [0.1, 0.15) is 0 Å². The molecule has 0 saturated heterocycles. The lowest BCUT2D eigenvalue weighted by Crippen LogP contribution is -2.07. The summed E-state index contributed by atoms with van der Waals surface area (Å²) in [4.78, 5) is 17.6. The molecule has 0 aliphatic rings. The second kappa shape index (κ2) is 8.13. The van der Waals surface area contributed by atoms with Gasteiger partial charge in [-0.15, -0.1) is 0 Å². The summed E-state index contributed by atoms with van der Waals surface area (Å²) in [6, 6.07) is 11.7. The van der Waals surface area contributed by atoms with Crippen molar-refractivity contribution < 1.29 is 0 Å². The Hall–Kier alpha value is -3.33. The molecule has 4 aromatic rings. The number of pyridine rings is 2. The summed E-state index contributed by atoms with van der Waals surface area (Å²) in [6.45, 7) is 2.43. The van der Waals surface area contributed by atoms with Crippen LogP contribution in [0, 0.1) is 6.92 Å². The average Bonchev–Trinajstić information content (AvgIpc) is 3.14. The van der Waals surface area contributed by atoms with Gasteiger partial charge in [-0.05, 0) is 47.1 Å². The molecule has 0 amide bonds. The summed E-state index contributed by atoms with van der Waals surface area (Å²) < 4.78 is 0.744. The molecule has 140 valence electrons. The Balaban J connectivity index is 1.47. The van der Waals surface area contributed by atoms with E-state index in [1.165, 1.54) is 0 Å². The summed E-state index contributed by atoms with van der Waals surface area (Å²) in [5, 5.41) is 13.4. The number of anilines is 3. The largest absolute Gasteiger partial charge is 0.349 e. The van der Waals surface area contributed by atoms with Crippen LogP contribution in [0.5, 0.6) is 0 Å². The smallest absolute Gasteiger partial charge is 0.225 e. The molecule has 4 heterocycles. The summed E-state index contributed by atoms with van der Waals surface area (Å²) in [7, 11) is 0. The minimum atomic E-state index is 0.489. The first-order chi connectivity index (χ1) is 13.7. The van der Waals surface area contributed by atoms with Crippen LogP contribution in [-0.2, 0) is 6.54 Å². The second-order valence-electron chi connectivity index (χ2n) is 6.06. The van der Waals surface area contributed by atoms with Crippen molar-refractivity contribution in [1.82, 2.24) is 30.1 Å². The highest BCUT2D eigenvalue weighted by Gasteiger charge is 2.08. The Morgan fingerprint density at radius 1 is 1.07 bits per heavy atom. The van der Waals surface area contributed by atoms with Crippen molar-refractivity contribution in [3.8, 4) is 11.3 Å². The van der Waals surface area contributed by atoms with Gasteiger partial charge in [0.05, 0.1) is 22.4 Å². The van der Waals surface area contributed by atoms with Crippen LogP contribution in [0.25, 0.3) is 11.3 Å². The number of halogens is 1. The first-order valence-electron chi connectivity index (χ1n) is 8.59. The zero-order chi connectivity index (χ0) is 19.3. The van der Waals surface area contributed by atoms with Crippen molar-refractivity contribution in [2.75, 3.05) is 10.6 Å². The molecule has 8 nitrogen and oxygen atoms in total. The molecule has 4 aromatic heterocycles. The molecule has 3 N–H and O–H groups in total. The van der Waals surface area contributed by atoms with Gasteiger partial charge in [0.15, 0.2) is 11.6 Å². The molecule has 0 fully saturated rings. The van der Waals surface area contributed by atoms with Crippen LogP contribution in [0.1, 0.15) is 11.4 Å². The topological polar surface area (TPSA) is 104 Å². The average molecular weight is 437 g/mol. The fourth-order valence-corrected chi connectivity index (χ4v) is 2.87. The van der Waals surface area contributed by atoms with Gasteiger partial charge in [-0.3, -0.25) is 15.1 Å². The molecule has 0 bridgehead atoms. The Morgan fingerprint density at radius 2 is 2.00 bits per heavy atom. The van der Waals surface area contributed by atoms with Crippen molar-refractivity contribution in [3.63, 3.8) is 0 Å². The van der Waals surface area contributed by atoms with Crippen LogP contribution in [0.15, 0.2) is 59.5 Å². The van der Waals surface area contributed by atoms with Crippen molar-refractivity contribution in [1.29, 1.82) is 0 Å². The van der Waals surface area contributed by atoms with Crippen molar-refractivity contribution >= 4 is 33.5 Å². The van der Waals surface area contributed by atoms with Gasteiger partial charge >= 0.3 is 0 Å². The normalized spacial score (nSPS) is 10.6. The third-order valence-corrected chi connectivity index (χ3v) is 4.48. The molecule has 0 radical (unpaired) electrons. The molecular formula is C19H17BrN8. The molecule has 28 heavy (non-hydrogen) atoms. The maximum atomic E-state index is 4.50. The number of nitrogens with one attached hydrogen (secondary N) is 3. The predicted molar refractivity (Wildman–Crippen MR) is 111 cm³/mol. The lowest BCUT2D eigenvalue weighted by atomic mass is 10.1. The van der Waals surface area contributed by atoms with E-state index in [9.17, 15) is 0 Å². The number of rotatable bonds is 6. The molecule has 0 saturated carbocycles. The fourth-order valence-electron chi connectivity index (χ4n) is 2.58. The standard InChI is InChI=1S/C19H17BrN8/c1-12-8-17(28-27-12)25-18-15(20)11-24-19(26-18)23-10-14-9-13(5-7-21-14)16-4-2-3-6-22-16/h2-9,11H,10H2,1H3,(H3,23,24,25,26,27,28). The minimum Gasteiger partial charge on any atom is -0.349 e. The Bertz CT molecular complexity index is 1080. The van der Waals surface area contributed by atoms with Gasteiger partial charge < -0.3 is 10.6 Å². The van der Waals surface area contributed by atoms with Crippen molar-refractivity contribution in [2.45, 2.75) is 13.5 Å². The van der Waals surface area contributed by atoms with E-state index in [0.717, 1.165) is 27.1 Å². The zero-order valence-corrected chi connectivity index (χ0v) is 16.6. The van der Waals surface area contributed by atoms with E-state index in [1.807, 2.05) is 43.3 Å². The van der Waals surface area contributed by atoms with Crippen LogP contribution < -0.4 is 10.6 Å². The maximum absolute atomic E-state index is 4.50. The van der Waals surface area contributed by atoms with Crippen molar-refractivity contribution in [3.05, 3.63) is 70.8 Å². The molecule has 0 unspecified atom stereocenters. The molecule has 0 spiro atoms. The number of hydrogen-bond donors (Lipinski definition) is 3. The lowest BCUT2D eigenvalue weighted by molar-refractivity contribution is 0.998. The first kappa shape index (κ1) is 18.1.